The predicted molar refractivity (Wildman–Crippen MR) is 97.0 cm³/mol. The number of anilines is 2. The van der Waals surface area contributed by atoms with Gasteiger partial charge in [0.1, 0.15) is 6.54 Å². The zero-order chi connectivity index (χ0) is 19.8. The number of nitrogens with zero attached hydrogens (tertiary/aromatic N) is 2. The van der Waals surface area contributed by atoms with Gasteiger partial charge >= 0.3 is 6.18 Å². The lowest BCUT2D eigenvalue weighted by Crippen LogP contribution is -2.42. The highest BCUT2D eigenvalue weighted by Gasteiger charge is 2.34. The molecular formula is C19H16ClF3N2O2. The molecule has 0 N–H and O–H groups in total. The molecule has 0 saturated heterocycles. The molecule has 0 bridgehead atoms. The zero-order valence-electron chi connectivity index (χ0n) is 14.4. The van der Waals surface area contributed by atoms with Gasteiger partial charge in [-0.1, -0.05) is 29.8 Å². The zero-order valence-corrected chi connectivity index (χ0v) is 15.1. The number of hydrogen-bond acceptors (Lipinski definition) is 2. The summed E-state index contributed by atoms with van der Waals surface area (Å²) in [6, 6.07) is 10.6. The fourth-order valence-corrected chi connectivity index (χ4v) is 3.33. The van der Waals surface area contributed by atoms with Gasteiger partial charge in [-0.25, -0.2) is 0 Å². The van der Waals surface area contributed by atoms with E-state index >= 15 is 0 Å². The van der Waals surface area contributed by atoms with Crippen molar-refractivity contribution in [2.24, 2.45) is 0 Å². The highest BCUT2D eigenvalue weighted by Crippen LogP contribution is 2.37. The Kier molecular flexibility index (Phi) is 5.15. The van der Waals surface area contributed by atoms with Gasteiger partial charge in [0.15, 0.2) is 0 Å². The molecule has 0 saturated carbocycles. The molecule has 8 heteroatoms. The Balaban J connectivity index is 1.88. The molecule has 0 atom stereocenters. The van der Waals surface area contributed by atoms with Crippen LogP contribution in [0.2, 0.25) is 5.02 Å². The Morgan fingerprint density at radius 3 is 2.56 bits per heavy atom. The minimum Gasteiger partial charge on any atom is -0.310 e. The predicted octanol–water partition coefficient (Wildman–Crippen LogP) is 4.30. The topological polar surface area (TPSA) is 40.6 Å². The van der Waals surface area contributed by atoms with E-state index < -0.39 is 22.7 Å². The SMILES string of the molecule is CC(=O)N(CC(=O)N1CCc2ccccc21)c1ccc(Cl)c(C(F)(F)F)c1. The van der Waals surface area contributed by atoms with Gasteiger partial charge in [-0.3, -0.25) is 9.59 Å². The van der Waals surface area contributed by atoms with Crippen molar-refractivity contribution in [3.8, 4) is 0 Å². The molecule has 0 aromatic heterocycles. The summed E-state index contributed by atoms with van der Waals surface area (Å²) in [5.74, 6) is -0.898. The van der Waals surface area contributed by atoms with Crippen LogP contribution in [0.1, 0.15) is 18.1 Å². The second-order valence-electron chi connectivity index (χ2n) is 6.19. The summed E-state index contributed by atoms with van der Waals surface area (Å²) in [4.78, 5) is 27.3. The standard InChI is InChI=1S/C19H16ClF3N2O2/c1-12(26)25(14-6-7-16(20)15(10-14)19(21,22)23)11-18(27)24-9-8-13-4-2-3-5-17(13)24/h2-7,10H,8-9,11H2,1H3. The molecule has 0 fully saturated rings. The number of carbonyl (C=O) groups excluding carboxylic acids is 2. The molecule has 2 aromatic rings. The number of rotatable bonds is 3. The first-order chi connectivity index (χ1) is 12.7. The number of carbonyl (C=O) groups is 2. The fraction of sp³-hybridized carbons (Fsp3) is 0.263. The Morgan fingerprint density at radius 1 is 1.19 bits per heavy atom. The van der Waals surface area contributed by atoms with E-state index in [9.17, 15) is 22.8 Å². The third-order valence-corrected chi connectivity index (χ3v) is 4.76. The van der Waals surface area contributed by atoms with Crippen LogP contribution in [0.15, 0.2) is 42.5 Å². The third kappa shape index (κ3) is 3.93. The smallest absolute Gasteiger partial charge is 0.310 e. The Bertz CT molecular complexity index is 899. The van der Waals surface area contributed by atoms with Gasteiger partial charge in [0.2, 0.25) is 11.8 Å². The van der Waals surface area contributed by atoms with Gasteiger partial charge in [0.05, 0.1) is 10.6 Å². The second-order valence-corrected chi connectivity index (χ2v) is 6.60. The molecule has 142 valence electrons. The van der Waals surface area contributed by atoms with Crippen LogP contribution in [0.5, 0.6) is 0 Å². The summed E-state index contributed by atoms with van der Waals surface area (Å²) in [7, 11) is 0. The van der Waals surface area contributed by atoms with Crippen LogP contribution >= 0.6 is 11.6 Å². The first kappa shape index (κ1) is 19.2. The lowest BCUT2D eigenvalue weighted by Gasteiger charge is -2.25. The molecule has 0 spiro atoms. The van der Waals surface area contributed by atoms with E-state index in [2.05, 4.69) is 0 Å². The van der Waals surface area contributed by atoms with Crippen molar-refractivity contribution in [2.75, 3.05) is 22.9 Å². The molecule has 1 heterocycles. The third-order valence-electron chi connectivity index (χ3n) is 4.43. The average Bonchev–Trinajstić information content (AvgIpc) is 3.03. The fourth-order valence-electron chi connectivity index (χ4n) is 3.10. The number of amides is 2. The maximum atomic E-state index is 13.1. The molecular weight excluding hydrogens is 381 g/mol. The molecule has 0 unspecified atom stereocenters. The molecule has 4 nitrogen and oxygen atoms in total. The van der Waals surface area contributed by atoms with Gasteiger partial charge < -0.3 is 9.80 Å². The normalized spacial score (nSPS) is 13.4. The van der Waals surface area contributed by atoms with Crippen molar-refractivity contribution in [3.63, 3.8) is 0 Å². The van der Waals surface area contributed by atoms with Crippen LogP contribution in [0.25, 0.3) is 0 Å². The van der Waals surface area contributed by atoms with Crippen LogP contribution in [0, 0.1) is 0 Å². The second kappa shape index (κ2) is 7.23. The first-order valence-electron chi connectivity index (χ1n) is 8.21. The van der Waals surface area contributed by atoms with Crippen LogP contribution in [0.3, 0.4) is 0 Å². The van der Waals surface area contributed by atoms with E-state index in [1.165, 1.54) is 13.0 Å². The van der Waals surface area contributed by atoms with Crippen LogP contribution in [-0.4, -0.2) is 24.9 Å². The number of halogens is 4. The van der Waals surface area contributed by atoms with Gasteiger partial charge in [0, 0.05) is 24.8 Å². The van der Waals surface area contributed by atoms with Crippen molar-refractivity contribution in [2.45, 2.75) is 19.5 Å². The Labute approximate surface area is 159 Å². The van der Waals surface area contributed by atoms with Crippen molar-refractivity contribution in [1.82, 2.24) is 0 Å². The van der Waals surface area contributed by atoms with Gasteiger partial charge in [-0.15, -0.1) is 0 Å². The van der Waals surface area contributed by atoms with Gasteiger partial charge in [-0.2, -0.15) is 13.2 Å². The minimum absolute atomic E-state index is 0.0277. The van der Waals surface area contributed by atoms with Gasteiger partial charge in [-0.05, 0) is 36.2 Å². The van der Waals surface area contributed by atoms with E-state index in [4.69, 9.17) is 11.6 Å². The maximum absolute atomic E-state index is 13.1. The van der Waals surface area contributed by atoms with Crippen molar-refractivity contribution in [1.29, 1.82) is 0 Å². The number of benzene rings is 2. The van der Waals surface area contributed by atoms with Crippen LogP contribution in [0.4, 0.5) is 24.5 Å². The van der Waals surface area contributed by atoms with E-state index in [0.29, 0.717) is 13.0 Å². The highest BCUT2D eigenvalue weighted by atomic mass is 35.5. The summed E-state index contributed by atoms with van der Waals surface area (Å²) in [6.07, 6.45) is -3.96. The number of hydrogen-bond donors (Lipinski definition) is 0. The molecule has 2 amide bonds. The minimum atomic E-state index is -4.66. The van der Waals surface area contributed by atoms with E-state index in [1.807, 2.05) is 24.3 Å². The largest absolute Gasteiger partial charge is 0.417 e. The molecule has 2 aromatic carbocycles. The Hall–Kier alpha value is -2.54. The van der Waals surface area contributed by atoms with Crippen LogP contribution < -0.4 is 9.80 Å². The Morgan fingerprint density at radius 2 is 1.89 bits per heavy atom. The maximum Gasteiger partial charge on any atom is 0.417 e. The summed E-state index contributed by atoms with van der Waals surface area (Å²) in [5.41, 5.74) is 0.705. The quantitative estimate of drug-likeness (QED) is 0.776. The molecule has 3 rings (SSSR count). The number of fused-ring (bicyclic) bond motifs is 1. The summed E-state index contributed by atoms with van der Waals surface area (Å²) in [5, 5.41) is -0.463. The van der Waals surface area contributed by atoms with Crippen molar-refractivity contribution < 1.29 is 22.8 Å². The van der Waals surface area contributed by atoms with Crippen LogP contribution in [-0.2, 0) is 22.2 Å². The lowest BCUT2D eigenvalue weighted by atomic mass is 10.1. The summed E-state index contributed by atoms with van der Waals surface area (Å²) >= 11 is 5.63. The van der Waals surface area contributed by atoms with E-state index in [-0.39, 0.29) is 18.1 Å². The molecule has 0 radical (unpaired) electrons. The summed E-state index contributed by atoms with van der Waals surface area (Å²) in [6.45, 7) is 1.31. The monoisotopic (exact) mass is 396 g/mol. The molecule has 27 heavy (non-hydrogen) atoms. The molecule has 1 aliphatic rings. The van der Waals surface area contributed by atoms with Gasteiger partial charge in [0.25, 0.3) is 0 Å². The first-order valence-corrected chi connectivity index (χ1v) is 8.59. The number of para-hydroxylation sites is 1. The molecule has 0 aliphatic carbocycles. The van der Waals surface area contributed by atoms with E-state index in [1.54, 1.807) is 4.90 Å². The lowest BCUT2D eigenvalue weighted by molar-refractivity contribution is -0.137. The highest BCUT2D eigenvalue weighted by molar-refractivity contribution is 6.31. The van der Waals surface area contributed by atoms with E-state index in [0.717, 1.165) is 28.3 Å². The summed E-state index contributed by atoms with van der Waals surface area (Å²) < 4.78 is 39.3. The average molecular weight is 397 g/mol. The van der Waals surface area contributed by atoms with Crippen molar-refractivity contribution >= 4 is 34.8 Å². The van der Waals surface area contributed by atoms with Crippen molar-refractivity contribution in [3.05, 3.63) is 58.6 Å². The molecule has 1 aliphatic heterocycles. The number of alkyl halides is 3.